The van der Waals surface area contributed by atoms with Gasteiger partial charge in [-0.25, -0.2) is 19.9 Å². The first-order valence-corrected chi connectivity index (χ1v) is 11.3. The first-order chi connectivity index (χ1) is 16.3. The molecule has 0 bridgehead atoms. The molecule has 0 unspecified atom stereocenters. The van der Waals surface area contributed by atoms with Crippen LogP contribution in [0.25, 0.3) is 44.8 Å². The summed E-state index contributed by atoms with van der Waals surface area (Å²) in [4.78, 5) is 32.0. The highest BCUT2D eigenvalue weighted by Crippen LogP contribution is 2.31. The van der Waals surface area contributed by atoms with Crippen LogP contribution in [0.4, 0.5) is 0 Å². The molecule has 4 N–H and O–H groups in total. The number of rotatable bonds is 7. The third-order valence-corrected chi connectivity index (χ3v) is 6.05. The van der Waals surface area contributed by atoms with E-state index in [0.717, 1.165) is 75.8 Å². The van der Waals surface area contributed by atoms with E-state index in [4.69, 9.17) is 9.97 Å². The van der Waals surface area contributed by atoms with Crippen molar-refractivity contribution in [2.45, 2.75) is 32.1 Å². The Kier molecular flexibility index (Phi) is 4.75. The van der Waals surface area contributed by atoms with Crippen molar-refractivity contribution >= 4 is 22.1 Å². The second-order valence-corrected chi connectivity index (χ2v) is 8.28. The zero-order chi connectivity index (χ0) is 22.2. The van der Waals surface area contributed by atoms with Gasteiger partial charge in [0.2, 0.25) is 0 Å². The average molecular weight is 437 g/mol. The Morgan fingerprint density at radius 3 is 1.76 bits per heavy atom. The number of unbranched alkanes of at least 4 members (excludes halogenated alkanes) is 1. The number of aromatic nitrogens is 8. The van der Waals surface area contributed by atoms with Gasteiger partial charge in [0, 0.05) is 35.9 Å². The minimum Gasteiger partial charge on any atom is -0.345 e. The lowest BCUT2D eigenvalue weighted by Gasteiger charge is -2.11. The van der Waals surface area contributed by atoms with Gasteiger partial charge in [0.25, 0.3) is 0 Å². The van der Waals surface area contributed by atoms with Crippen LogP contribution in [0.15, 0.2) is 61.2 Å². The van der Waals surface area contributed by atoms with Gasteiger partial charge in [-0.3, -0.25) is 0 Å². The molecule has 6 aromatic rings. The van der Waals surface area contributed by atoms with E-state index in [2.05, 4.69) is 49.0 Å². The summed E-state index contributed by atoms with van der Waals surface area (Å²) in [5.41, 5.74) is 5.94. The molecule has 164 valence electrons. The summed E-state index contributed by atoms with van der Waals surface area (Å²) >= 11 is 0. The minimum atomic E-state index is 0.0591. The summed E-state index contributed by atoms with van der Waals surface area (Å²) in [6.45, 7) is 2.21. The Bertz CT molecular complexity index is 1390. The highest BCUT2D eigenvalue weighted by atomic mass is 15.0. The molecule has 33 heavy (non-hydrogen) atoms. The highest BCUT2D eigenvalue weighted by molar-refractivity contribution is 5.82. The van der Waals surface area contributed by atoms with E-state index in [1.54, 1.807) is 12.4 Å². The van der Waals surface area contributed by atoms with E-state index >= 15 is 0 Å². The van der Waals surface area contributed by atoms with Crippen LogP contribution < -0.4 is 0 Å². The summed E-state index contributed by atoms with van der Waals surface area (Å²) in [6.07, 6.45) is 10.4. The van der Waals surface area contributed by atoms with Crippen molar-refractivity contribution in [3.8, 4) is 22.8 Å². The van der Waals surface area contributed by atoms with Crippen LogP contribution in [0.5, 0.6) is 0 Å². The molecule has 0 fully saturated rings. The molecule has 0 saturated heterocycles. The van der Waals surface area contributed by atoms with Gasteiger partial charge in [-0.05, 0) is 42.8 Å². The van der Waals surface area contributed by atoms with Crippen LogP contribution in [0, 0.1) is 0 Å². The number of aromatic amines is 4. The largest absolute Gasteiger partial charge is 0.345 e. The Morgan fingerprint density at radius 2 is 1.30 bits per heavy atom. The van der Waals surface area contributed by atoms with Gasteiger partial charge >= 0.3 is 0 Å². The van der Waals surface area contributed by atoms with Crippen molar-refractivity contribution in [2.24, 2.45) is 0 Å². The van der Waals surface area contributed by atoms with Crippen LogP contribution in [0.2, 0.25) is 0 Å². The first kappa shape index (κ1) is 19.5. The first-order valence-electron chi connectivity index (χ1n) is 11.3. The molecule has 0 radical (unpaired) electrons. The van der Waals surface area contributed by atoms with Crippen molar-refractivity contribution in [1.82, 2.24) is 39.9 Å². The number of fused-ring (bicyclic) bond motifs is 2. The van der Waals surface area contributed by atoms with Gasteiger partial charge in [0.15, 0.2) is 0 Å². The van der Waals surface area contributed by atoms with Crippen LogP contribution in [-0.2, 0) is 0 Å². The molecule has 0 saturated carbocycles. The number of hydrogen-bond acceptors (Lipinski definition) is 4. The second kappa shape index (κ2) is 8.05. The highest BCUT2D eigenvalue weighted by Gasteiger charge is 2.22. The van der Waals surface area contributed by atoms with Crippen LogP contribution in [0.3, 0.4) is 0 Å². The number of hydrogen-bond donors (Lipinski definition) is 4. The van der Waals surface area contributed by atoms with Crippen LogP contribution in [-0.4, -0.2) is 39.9 Å². The van der Waals surface area contributed by atoms with Crippen LogP contribution >= 0.6 is 0 Å². The molecule has 2 aromatic carbocycles. The van der Waals surface area contributed by atoms with Gasteiger partial charge in [0.05, 0.1) is 28.0 Å². The summed E-state index contributed by atoms with van der Waals surface area (Å²) in [7, 11) is 0. The SMILES string of the molecule is CCCCC(c1nc2ccc(-c3ncc[nH]3)cc2[nH]1)c1nc2ccc(-c3ncc[nH]3)cc2[nH]1. The maximum atomic E-state index is 4.93. The van der Waals surface area contributed by atoms with Gasteiger partial charge < -0.3 is 19.9 Å². The summed E-state index contributed by atoms with van der Waals surface area (Å²) < 4.78 is 0. The maximum absolute atomic E-state index is 4.93. The molecule has 8 nitrogen and oxygen atoms in total. The molecule has 0 amide bonds. The third kappa shape index (κ3) is 3.59. The van der Waals surface area contributed by atoms with Gasteiger partial charge in [-0.2, -0.15) is 0 Å². The molecular weight excluding hydrogens is 412 g/mol. The molecule has 0 aliphatic carbocycles. The Hall–Kier alpha value is -4.20. The fourth-order valence-electron chi connectivity index (χ4n) is 4.34. The molecule has 6 rings (SSSR count). The average Bonchev–Trinajstić information content (AvgIpc) is 3.64. The Balaban J connectivity index is 1.39. The lowest BCUT2D eigenvalue weighted by Crippen LogP contribution is -2.05. The monoisotopic (exact) mass is 436 g/mol. The predicted molar refractivity (Wildman–Crippen MR) is 129 cm³/mol. The quantitative estimate of drug-likeness (QED) is 0.263. The molecule has 0 atom stereocenters. The maximum Gasteiger partial charge on any atom is 0.137 e. The van der Waals surface area contributed by atoms with Crippen molar-refractivity contribution < 1.29 is 0 Å². The molecule has 4 heterocycles. The molecule has 8 heteroatoms. The summed E-state index contributed by atoms with van der Waals surface area (Å²) in [5.74, 6) is 3.62. The van der Waals surface area contributed by atoms with E-state index in [0.29, 0.717) is 0 Å². The van der Waals surface area contributed by atoms with Crippen molar-refractivity contribution in [3.05, 3.63) is 72.8 Å². The van der Waals surface area contributed by atoms with Crippen molar-refractivity contribution in [1.29, 1.82) is 0 Å². The summed E-state index contributed by atoms with van der Waals surface area (Å²) in [6, 6.07) is 12.4. The Labute approximate surface area is 190 Å². The van der Waals surface area contributed by atoms with Crippen LogP contribution in [0.1, 0.15) is 43.8 Å². The summed E-state index contributed by atoms with van der Waals surface area (Å²) in [5, 5.41) is 0. The topological polar surface area (TPSA) is 115 Å². The molecule has 0 aliphatic heterocycles. The minimum absolute atomic E-state index is 0.0591. The van der Waals surface area contributed by atoms with E-state index in [1.165, 1.54) is 0 Å². The predicted octanol–water partition coefficient (Wildman–Crippen LogP) is 5.54. The molecule has 0 aliphatic rings. The van der Waals surface area contributed by atoms with Gasteiger partial charge in [-0.15, -0.1) is 0 Å². The van der Waals surface area contributed by atoms with Crippen molar-refractivity contribution in [2.75, 3.05) is 0 Å². The van der Waals surface area contributed by atoms with Gasteiger partial charge in [0.1, 0.15) is 23.3 Å². The number of imidazole rings is 4. The molecular formula is C25H24N8. The van der Waals surface area contributed by atoms with E-state index in [9.17, 15) is 0 Å². The van der Waals surface area contributed by atoms with E-state index < -0.39 is 0 Å². The fourth-order valence-corrected chi connectivity index (χ4v) is 4.34. The number of H-pyrrole nitrogens is 4. The zero-order valence-electron chi connectivity index (χ0n) is 18.3. The van der Waals surface area contributed by atoms with E-state index in [1.807, 2.05) is 36.7 Å². The number of benzene rings is 2. The normalized spacial score (nSPS) is 11.8. The lowest BCUT2D eigenvalue weighted by molar-refractivity contribution is 0.608. The van der Waals surface area contributed by atoms with Gasteiger partial charge in [-0.1, -0.05) is 19.8 Å². The standard InChI is InChI=1S/C25H24N8/c1-2-3-4-17(24-30-18-7-5-15(13-20(18)32-24)22-26-9-10-27-22)25-31-19-8-6-16(14-21(19)33-25)23-28-11-12-29-23/h5-14,17H,2-4H2,1H3,(H,26,27)(H,28,29)(H,30,32)(H,31,33). The second-order valence-electron chi connectivity index (χ2n) is 8.28. The smallest absolute Gasteiger partial charge is 0.137 e. The number of nitrogens with one attached hydrogen (secondary N) is 4. The third-order valence-electron chi connectivity index (χ3n) is 6.05. The Morgan fingerprint density at radius 1 is 0.758 bits per heavy atom. The van der Waals surface area contributed by atoms with Crippen molar-refractivity contribution in [3.63, 3.8) is 0 Å². The number of nitrogens with zero attached hydrogens (tertiary/aromatic N) is 4. The van der Waals surface area contributed by atoms with E-state index in [-0.39, 0.29) is 5.92 Å². The molecule has 4 aromatic heterocycles. The lowest BCUT2D eigenvalue weighted by atomic mass is 10.0. The zero-order valence-corrected chi connectivity index (χ0v) is 18.3. The fraction of sp³-hybridized carbons (Fsp3) is 0.200. The molecule has 0 spiro atoms.